The predicted octanol–water partition coefficient (Wildman–Crippen LogP) is 5.30. The number of nitrogens with zero attached hydrogens (tertiary/aromatic N) is 3. The highest BCUT2D eigenvalue weighted by molar-refractivity contribution is 7.98. The van der Waals surface area contributed by atoms with Crippen LogP contribution < -0.4 is 15.0 Å². The van der Waals surface area contributed by atoms with Crippen LogP contribution in [0, 0.1) is 11.8 Å². The molecule has 1 aromatic heterocycles. The van der Waals surface area contributed by atoms with Gasteiger partial charge in [0, 0.05) is 42.5 Å². The van der Waals surface area contributed by atoms with Gasteiger partial charge in [-0.3, -0.25) is 0 Å². The van der Waals surface area contributed by atoms with E-state index in [1.54, 1.807) is 18.9 Å². The molecule has 5 nitrogen and oxygen atoms in total. The van der Waals surface area contributed by atoms with Gasteiger partial charge in [0.2, 0.25) is 5.95 Å². The highest BCUT2D eigenvalue weighted by Gasteiger charge is 2.45. The van der Waals surface area contributed by atoms with Crippen molar-refractivity contribution >= 4 is 17.7 Å². The van der Waals surface area contributed by atoms with E-state index in [-0.39, 0.29) is 0 Å². The van der Waals surface area contributed by atoms with Gasteiger partial charge in [0.05, 0.1) is 7.11 Å². The lowest BCUT2D eigenvalue weighted by atomic mass is 10.0. The van der Waals surface area contributed by atoms with Crippen molar-refractivity contribution in [3.05, 3.63) is 66.0 Å². The molecule has 2 aliphatic rings. The minimum Gasteiger partial charge on any atom is -0.496 e. The minimum absolute atomic E-state index is 0.805. The fraction of sp³-hybridized carbons (Fsp3) is 0.407. The first-order chi connectivity index (χ1) is 16.1. The number of methoxy groups -OCH3 is 1. The molecule has 33 heavy (non-hydrogen) atoms. The number of fused-ring (bicyclic) bond motifs is 1. The lowest BCUT2D eigenvalue weighted by Crippen LogP contribution is -2.23. The van der Waals surface area contributed by atoms with E-state index in [9.17, 15) is 0 Å². The van der Waals surface area contributed by atoms with Crippen molar-refractivity contribution in [2.75, 3.05) is 38.4 Å². The third-order valence-electron chi connectivity index (χ3n) is 6.43. The molecule has 2 aromatic carbocycles. The van der Waals surface area contributed by atoms with E-state index in [4.69, 9.17) is 4.74 Å². The molecular weight excluding hydrogens is 428 g/mol. The summed E-state index contributed by atoms with van der Waals surface area (Å²) in [6.07, 6.45) is 8.45. The van der Waals surface area contributed by atoms with E-state index in [1.165, 1.54) is 46.7 Å². The van der Waals surface area contributed by atoms with Gasteiger partial charge < -0.3 is 15.0 Å². The second kappa shape index (κ2) is 11.0. The van der Waals surface area contributed by atoms with E-state index in [0.29, 0.717) is 0 Å². The minimum atomic E-state index is 0.805. The highest BCUT2D eigenvalue weighted by Crippen LogP contribution is 2.45. The maximum atomic E-state index is 5.38. The Morgan fingerprint density at radius 2 is 1.70 bits per heavy atom. The molecule has 5 rings (SSSR count). The fourth-order valence-corrected chi connectivity index (χ4v) is 4.73. The van der Waals surface area contributed by atoms with Crippen LogP contribution in [0.25, 0.3) is 11.1 Å². The molecule has 1 N–H and O–H groups in total. The molecule has 174 valence electrons. The number of hydrogen-bond donors (Lipinski definition) is 1. The fourth-order valence-electron chi connectivity index (χ4n) is 4.33. The molecule has 0 bridgehead atoms. The van der Waals surface area contributed by atoms with Crippen LogP contribution in [-0.2, 0) is 13.0 Å². The molecule has 0 spiro atoms. The zero-order chi connectivity index (χ0) is 23.2. The van der Waals surface area contributed by atoms with E-state index in [0.717, 1.165) is 36.5 Å². The number of piperidine rings is 1. The number of anilines is 1. The average molecular weight is 463 g/mol. The third-order valence-corrected chi connectivity index (χ3v) is 7.18. The van der Waals surface area contributed by atoms with Crippen molar-refractivity contribution in [2.45, 2.75) is 31.2 Å². The molecule has 1 aliphatic carbocycles. The van der Waals surface area contributed by atoms with E-state index in [2.05, 4.69) is 69.8 Å². The summed E-state index contributed by atoms with van der Waals surface area (Å²) in [4.78, 5) is 12.4. The molecular formula is C27H34N4OS. The first-order valence-corrected chi connectivity index (χ1v) is 12.9. The number of thioether (sulfide) groups is 1. The number of aromatic nitrogens is 2. The molecule has 0 radical (unpaired) electrons. The van der Waals surface area contributed by atoms with Crippen LogP contribution in [0.3, 0.4) is 0 Å². The van der Waals surface area contributed by atoms with Gasteiger partial charge in [0.1, 0.15) is 5.75 Å². The number of benzene rings is 2. The van der Waals surface area contributed by atoms with Crippen molar-refractivity contribution in [2.24, 2.45) is 11.8 Å². The van der Waals surface area contributed by atoms with Crippen molar-refractivity contribution in [3.63, 3.8) is 0 Å². The van der Waals surface area contributed by atoms with Crippen molar-refractivity contribution in [1.29, 1.82) is 0 Å². The Labute approximate surface area is 202 Å². The zero-order valence-electron chi connectivity index (χ0n) is 20.0. The molecule has 2 atom stereocenters. The number of ether oxygens (including phenoxy) is 1. The summed E-state index contributed by atoms with van der Waals surface area (Å²) in [5.74, 6) is 3.75. The molecule has 1 saturated heterocycles. The summed E-state index contributed by atoms with van der Waals surface area (Å²) >= 11 is 1.76. The average Bonchev–Trinajstić information content (AvgIpc) is 3.49. The van der Waals surface area contributed by atoms with Gasteiger partial charge in [-0.05, 0) is 78.9 Å². The first kappa shape index (κ1) is 23.6. The summed E-state index contributed by atoms with van der Waals surface area (Å²) in [5.41, 5.74) is 4.85. The molecule has 0 amide bonds. The second-order valence-corrected chi connectivity index (χ2v) is 9.57. The van der Waals surface area contributed by atoms with Gasteiger partial charge in [0.25, 0.3) is 0 Å². The summed E-state index contributed by atoms with van der Waals surface area (Å²) < 4.78 is 5.38. The largest absolute Gasteiger partial charge is 0.496 e. The van der Waals surface area contributed by atoms with Gasteiger partial charge in [0.15, 0.2) is 0 Å². The molecule has 6 heteroatoms. The molecule has 1 saturated carbocycles. The second-order valence-electron chi connectivity index (χ2n) is 8.69. The number of rotatable bonds is 7. The van der Waals surface area contributed by atoms with E-state index in [1.807, 2.05) is 25.5 Å². The van der Waals surface area contributed by atoms with Crippen molar-refractivity contribution < 1.29 is 4.74 Å². The van der Waals surface area contributed by atoms with E-state index >= 15 is 0 Å². The molecule has 2 heterocycles. The van der Waals surface area contributed by atoms with E-state index < -0.39 is 0 Å². The monoisotopic (exact) mass is 462 g/mol. The Balaban J connectivity index is 0.000000163. The first-order valence-electron chi connectivity index (χ1n) is 11.7. The number of nitrogens with one attached hydrogen (secondary N) is 1. The van der Waals surface area contributed by atoms with Crippen LogP contribution in [-0.4, -0.2) is 43.5 Å². The molecule has 3 aromatic rings. The maximum Gasteiger partial charge on any atom is 0.225 e. The lowest BCUT2D eigenvalue weighted by Gasteiger charge is -2.17. The van der Waals surface area contributed by atoms with Gasteiger partial charge in [-0.15, -0.1) is 11.8 Å². The van der Waals surface area contributed by atoms with Crippen LogP contribution in [0.1, 0.15) is 24.5 Å². The lowest BCUT2D eigenvalue weighted by molar-refractivity contribution is 0.408. The quantitative estimate of drug-likeness (QED) is 0.481. The van der Waals surface area contributed by atoms with Gasteiger partial charge >= 0.3 is 0 Å². The van der Waals surface area contributed by atoms with Crippen LogP contribution in [0.2, 0.25) is 0 Å². The Kier molecular flexibility index (Phi) is 7.89. The topological polar surface area (TPSA) is 50.3 Å². The maximum absolute atomic E-state index is 5.38. The summed E-state index contributed by atoms with van der Waals surface area (Å²) in [7, 11) is 3.65. The third kappa shape index (κ3) is 5.87. The number of hydrogen-bond acceptors (Lipinski definition) is 6. The zero-order valence-corrected chi connectivity index (χ0v) is 20.9. The molecule has 1 aliphatic heterocycles. The Morgan fingerprint density at radius 3 is 2.27 bits per heavy atom. The Bertz CT molecular complexity index is 1030. The predicted molar refractivity (Wildman–Crippen MR) is 138 cm³/mol. The SMILES string of the molecule is CCc1cnc(N2CC3CC3C2)nc1.CNCc1cc(-c2ccc(SC)cc2)ccc1OC. The van der Waals surface area contributed by atoms with Crippen LogP contribution in [0.15, 0.2) is 59.8 Å². The van der Waals surface area contributed by atoms with Crippen molar-refractivity contribution in [1.82, 2.24) is 15.3 Å². The summed E-state index contributed by atoms with van der Waals surface area (Å²) in [6, 6.07) is 15.0. The Hall–Kier alpha value is -2.57. The van der Waals surface area contributed by atoms with Gasteiger partial charge in [-0.25, -0.2) is 9.97 Å². The molecule has 2 fully saturated rings. The Morgan fingerprint density at radius 1 is 1.03 bits per heavy atom. The molecule has 2 unspecified atom stereocenters. The summed E-state index contributed by atoms with van der Waals surface area (Å²) in [5, 5.41) is 3.17. The van der Waals surface area contributed by atoms with Crippen LogP contribution in [0.5, 0.6) is 5.75 Å². The van der Waals surface area contributed by atoms with Crippen LogP contribution in [0.4, 0.5) is 5.95 Å². The normalized spacial score (nSPS) is 18.4. The smallest absolute Gasteiger partial charge is 0.225 e. The van der Waals surface area contributed by atoms with Crippen molar-refractivity contribution in [3.8, 4) is 16.9 Å². The van der Waals surface area contributed by atoms with Crippen LogP contribution >= 0.6 is 11.8 Å². The standard InChI is InChI=1S/C16H19NOS.C11H15N3/c1-17-11-14-10-13(6-9-16(14)18-2)12-4-7-15(19-3)8-5-12;1-2-8-4-12-11(13-5-8)14-6-9-3-10(9)7-14/h4-10,17H,11H2,1-3H3;4-5,9-10H,2-3,6-7H2,1H3. The van der Waals surface area contributed by atoms with Gasteiger partial charge in [-0.2, -0.15) is 0 Å². The van der Waals surface area contributed by atoms with Gasteiger partial charge in [-0.1, -0.05) is 25.1 Å². The highest BCUT2D eigenvalue weighted by atomic mass is 32.2. The summed E-state index contributed by atoms with van der Waals surface area (Å²) in [6.45, 7) is 5.29. The number of aryl methyl sites for hydroxylation is 1.